The molecule has 0 aromatic carbocycles. The van der Waals surface area contributed by atoms with Crippen LogP contribution in [0.5, 0.6) is 0 Å². The summed E-state index contributed by atoms with van der Waals surface area (Å²) in [5.41, 5.74) is 1.08. The fourth-order valence-electron chi connectivity index (χ4n) is 1.52. The van der Waals surface area contributed by atoms with E-state index >= 15 is 0 Å². The van der Waals surface area contributed by atoms with Crippen molar-refractivity contribution in [3.8, 4) is 0 Å². The molecular formula is C12H14N2O2S2. The van der Waals surface area contributed by atoms with E-state index in [1.165, 1.54) is 15.6 Å². The van der Waals surface area contributed by atoms with E-state index in [4.69, 9.17) is 0 Å². The summed E-state index contributed by atoms with van der Waals surface area (Å²) in [6.07, 6.45) is 4.11. The van der Waals surface area contributed by atoms with E-state index in [0.29, 0.717) is 17.2 Å². The van der Waals surface area contributed by atoms with Crippen molar-refractivity contribution in [3.05, 3.63) is 47.6 Å². The van der Waals surface area contributed by atoms with E-state index in [9.17, 15) is 8.42 Å². The maximum absolute atomic E-state index is 12.1. The molecule has 18 heavy (non-hydrogen) atoms. The molecule has 0 bridgehead atoms. The van der Waals surface area contributed by atoms with Crippen molar-refractivity contribution >= 4 is 21.4 Å². The van der Waals surface area contributed by atoms with Gasteiger partial charge in [0.1, 0.15) is 4.21 Å². The smallest absolute Gasteiger partial charge is 0.252 e. The predicted molar refractivity (Wildman–Crippen MR) is 72.1 cm³/mol. The Labute approximate surface area is 111 Å². The first kappa shape index (κ1) is 13.2. The molecule has 2 aromatic rings. The highest BCUT2D eigenvalue weighted by Gasteiger charge is 2.21. The minimum atomic E-state index is -3.33. The van der Waals surface area contributed by atoms with Crippen LogP contribution in [0.2, 0.25) is 0 Å². The molecule has 2 heterocycles. The summed E-state index contributed by atoms with van der Waals surface area (Å²) in [5.74, 6) is 0. The summed E-state index contributed by atoms with van der Waals surface area (Å²) in [7, 11) is -1.72. The van der Waals surface area contributed by atoms with E-state index in [1.807, 2.05) is 12.1 Å². The molecule has 0 spiro atoms. The van der Waals surface area contributed by atoms with Crippen LogP contribution in [-0.4, -0.2) is 31.3 Å². The van der Waals surface area contributed by atoms with Crippen LogP contribution in [-0.2, 0) is 16.4 Å². The monoisotopic (exact) mass is 282 g/mol. The molecule has 0 aliphatic carbocycles. The summed E-state index contributed by atoms with van der Waals surface area (Å²) in [6, 6.07) is 7.16. The van der Waals surface area contributed by atoms with Crippen LogP contribution < -0.4 is 0 Å². The molecule has 0 atom stereocenters. The predicted octanol–water partition coefficient (Wildman–Crippen LogP) is 2.01. The SMILES string of the molecule is CN(CCc1ccncc1)S(=O)(=O)c1cccs1. The molecule has 0 N–H and O–H groups in total. The normalized spacial score (nSPS) is 11.9. The summed E-state index contributed by atoms with van der Waals surface area (Å²) in [4.78, 5) is 3.93. The zero-order valence-electron chi connectivity index (χ0n) is 9.98. The number of pyridine rings is 1. The Morgan fingerprint density at radius 1 is 1.28 bits per heavy atom. The van der Waals surface area contributed by atoms with Crippen molar-refractivity contribution in [1.29, 1.82) is 0 Å². The van der Waals surface area contributed by atoms with Crippen LogP contribution in [0.25, 0.3) is 0 Å². The van der Waals surface area contributed by atoms with Crippen molar-refractivity contribution in [2.75, 3.05) is 13.6 Å². The molecule has 0 fully saturated rings. The molecule has 0 saturated heterocycles. The first-order valence-corrected chi connectivity index (χ1v) is 7.81. The Balaban J connectivity index is 2.03. The Bertz CT molecular complexity index is 580. The molecule has 0 saturated carbocycles. The molecule has 4 nitrogen and oxygen atoms in total. The lowest BCUT2D eigenvalue weighted by molar-refractivity contribution is 0.474. The molecule has 96 valence electrons. The average molecular weight is 282 g/mol. The van der Waals surface area contributed by atoms with Gasteiger partial charge in [0.15, 0.2) is 0 Å². The average Bonchev–Trinajstić information content (AvgIpc) is 2.91. The van der Waals surface area contributed by atoms with Crippen LogP contribution in [0.4, 0.5) is 0 Å². The van der Waals surface area contributed by atoms with Crippen LogP contribution in [0.1, 0.15) is 5.56 Å². The number of hydrogen-bond acceptors (Lipinski definition) is 4. The molecule has 6 heteroatoms. The van der Waals surface area contributed by atoms with Gasteiger partial charge in [-0.15, -0.1) is 11.3 Å². The van der Waals surface area contributed by atoms with Gasteiger partial charge in [-0.25, -0.2) is 8.42 Å². The van der Waals surface area contributed by atoms with E-state index in [1.54, 1.807) is 37.0 Å². The molecule has 2 aromatic heterocycles. The second-order valence-corrected chi connectivity index (χ2v) is 7.08. The Kier molecular flexibility index (Phi) is 4.11. The van der Waals surface area contributed by atoms with Gasteiger partial charge < -0.3 is 0 Å². The zero-order valence-corrected chi connectivity index (χ0v) is 11.6. The lowest BCUT2D eigenvalue weighted by Crippen LogP contribution is -2.28. The van der Waals surface area contributed by atoms with Gasteiger partial charge in [-0.1, -0.05) is 6.07 Å². The number of thiophene rings is 1. The number of nitrogens with zero attached hydrogens (tertiary/aromatic N) is 2. The van der Waals surface area contributed by atoms with Crippen molar-refractivity contribution in [2.24, 2.45) is 0 Å². The van der Waals surface area contributed by atoms with Crippen LogP contribution in [0.3, 0.4) is 0 Å². The fraction of sp³-hybridized carbons (Fsp3) is 0.250. The van der Waals surface area contributed by atoms with Crippen LogP contribution >= 0.6 is 11.3 Å². The first-order valence-electron chi connectivity index (χ1n) is 5.49. The number of aromatic nitrogens is 1. The summed E-state index contributed by atoms with van der Waals surface area (Å²) < 4.78 is 26.1. The van der Waals surface area contributed by atoms with Gasteiger partial charge in [0.2, 0.25) is 0 Å². The topological polar surface area (TPSA) is 50.3 Å². The van der Waals surface area contributed by atoms with Gasteiger partial charge >= 0.3 is 0 Å². The van der Waals surface area contributed by atoms with Crippen molar-refractivity contribution < 1.29 is 8.42 Å². The quantitative estimate of drug-likeness (QED) is 0.843. The van der Waals surface area contributed by atoms with E-state index in [2.05, 4.69) is 4.98 Å². The van der Waals surface area contributed by atoms with Gasteiger partial charge in [0.25, 0.3) is 10.0 Å². The third-order valence-electron chi connectivity index (χ3n) is 2.62. The van der Waals surface area contributed by atoms with E-state index in [0.717, 1.165) is 5.56 Å². The van der Waals surface area contributed by atoms with Gasteiger partial charge in [0, 0.05) is 26.0 Å². The molecule has 0 unspecified atom stereocenters. The van der Waals surface area contributed by atoms with Crippen LogP contribution in [0.15, 0.2) is 46.2 Å². The van der Waals surface area contributed by atoms with Crippen molar-refractivity contribution in [1.82, 2.24) is 9.29 Å². The Morgan fingerprint density at radius 2 is 2.00 bits per heavy atom. The summed E-state index contributed by atoms with van der Waals surface area (Å²) in [6.45, 7) is 0.463. The molecule has 0 amide bonds. The lowest BCUT2D eigenvalue weighted by atomic mass is 10.2. The van der Waals surface area contributed by atoms with Gasteiger partial charge in [-0.3, -0.25) is 4.98 Å². The number of likely N-dealkylation sites (N-methyl/N-ethyl adjacent to an activating group) is 1. The maximum Gasteiger partial charge on any atom is 0.252 e. The van der Waals surface area contributed by atoms with Gasteiger partial charge in [0.05, 0.1) is 0 Å². The Morgan fingerprint density at radius 3 is 2.61 bits per heavy atom. The van der Waals surface area contributed by atoms with E-state index < -0.39 is 10.0 Å². The molecule has 0 aliphatic heterocycles. The minimum Gasteiger partial charge on any atom is -0.265 e. The van der Waals surface area contributed by atoms with Crippen molar-refractivity contribution in [3.63, 3.8) is 0 Å². The lowest BCUT2D eigenvalue weighted by Gasteiger charge is -2.15. The maximum atomic E-state index is 12.1. The molecular weight excluding hydrogens is 268 g/mol. The zero-order chi connectivity index (χ0) is 13.0. The second kappa shape index (κ2) is 5.60. The second-order valence-electron chi connectivity index (χ2n) is 3.86. The number of sulfonamides is 1. The third kappa shape index (κ3) is 2.95. The van der Waals surface area contributed by atoms with Crippen LogP contribution in [0, 0.1) is 0 Å². The fourth-order valence-corrected chi connectivity index (χ4v) is 3.89. The first-order chi connectivity index (χ1) is 8.60. The summed E-state index contributed by atoms with van der Waals surface area (Å²) in [5, 5.41) is 1.77. The highest BCUT2D eigenvalue weighted by atomic mass is 32.2. The highest BCUT2D eigenvalue weighted by molar-refractivity contribution is 7.91. The standard InChI is InChI=1S/C12H14N2O2S2/c1-14(9-6-11-4-7-13-8-5-11)18(15,16)12-3-2-10-17-12/h2-5,7-8,10H,6,9H2,1H3. The molecule has 0 aliphatic rings. The Hall–Kier alpha value is -1.24. The number of hydrogen-bond donors (Lipinski definition) is 0. The molecule has 0 radical (unpaired) electrons. The van der Waals surface area contributed by atoms with E-state index in [-0.39, 0.29) is 0 Å². The minimum absolute atomic E-state index is 0.389. The highest BCUT2D eigenvalue weighted by Crippen LogP contribution is 2.19. The van der Waals surface area contributed by atoms with Crippen molar-refractivity contribution in [2.45, 2.75) is 10.6 Å². The summed E-state index contributed by atoms with van der Waals surface area (Å²) >= 11 is 1.24. The largest absolute Gasteiger partial charge is 0.265 e. The van der Waals surface area contributed by atoms with Gasteiger partial charge in [-0.05, 0) is 35.6 Å². The number of rotatable bonds is 5. The third-order valence-corrected chi connectivity index (χ3v) is 5.85. The van der Waals surface area contributed by atoms with Gasteiger partial charge in [-0.2, -0.15) is 4.31 Å². The molecule has 2 rings (SSSR count).